The van der Waals surface area contributed by atoms with Gasteiger partial charge in [0.25, 0.3) is 0 Å². The smallest absolute Gasteiger partial charge is 0.193 e. The number of likely N-dealkylation sites (tertiary alicyclic amines) is 1. The monoisotopic (exact) mass is 391 g/mol. The molecule has 1 aliphatic heterocycles. The average molecular weight is 391 g/mol. The van der Waals surface area contributed by atoms with Crippen molar-refractivity contribution in [3.63, 3.8) is 0 Å². The highest BCUT2D eigenvalue weighted by atomic mass is 127. The van der Waals surface area contributed by atoms with Crippen LogP contribution in [-0.4, -0.2) is 37.5 Å². The maximum atomic E-state index is 4.49. The zero-order chi connectivity index (χ0) is 13.1. The third kappa shape index (κ3) is 4.25. The van der Waals surface area contributed by atoms with Gasteiger partial charge in [-0.05, 0) is 43.4 Å². The summed E-state index contributed by atoms with van der Waals surface area (Å²) in [6.07, 6.45) is 11.5. The highest BCUT2D eigenvalue weighted by molar-refractivity contribution is 14.0. The van der Waals surface area contributed by atoms with E-state index in [1.807, 2.05) is 7.05 Å². The van der Waals surface area contributed by atoms with E-state index in [4.69, 9.17) is 0 Å². The molecule has 3 nitrogen and oxygen atoms in total. The van der Waals surface area contributed by atoms with E-state index in [0.717, 1.165) is 30.3 Å². The van der Waals surface area contributed by atoms with Gasteiger partial charge in [-0.15, -0.1) is 24.0 Å². The number of hydrogen-bond donors (Lipinski definition) is 1. The third-order valence-electron chi connectivity index (χ3n) is 5.26. The maximum absolute atomic E-state index is 4.49. The molecule has 1 saturated heterocycles. The Morgan fingerprint density at radius 2 is 1.75 bits per heavy atom. The number of nitrogens with one attached hydrogen (secondary N) is 1. The lowest BCUT2D eigenvalue weighted by atomic mass is 9.82. The maximum Gasteiger partial charge on any atom is 0.193 e. The lowest BCUT2D eigenvalue weighted by molar-refractivity contribution is 0.299. The van der Waals surface area contributed by atoms with Crippen LogP contribution in [-0.2, 0) is 0 Å². The van der Waals surface area contributed by atoms with Crippen LogP contribution < -0.4 is 5.32 Å². The summed E-state index contributed by atoms with van der Waals surface area (Å²) in [5.41, 5.74) is 0. The molecule has 3 aliphatic rings. The molecule has 2 aliphatic carbocycles. The van der Waals surface area contributed by atoms with Crippen LogP contribution in [0.3, 0.4) is 0 Å². The van der Waals surface area contributed by atoms with Crippen LogP contribution in [0.15, 0.2) is 4.99 Å². The molecule has 2 unspecified atom stereocenters. The van der Waals surface area contributed by atoms with Crippen LogP contribution in [0.4, 0.5) is 0 Å². The Bertz CT molecular complexity index is 314. The van der Waals surface area contributed by atoms with Crippen molar-refractivity contribution in [2.24, 2.45) is 22.7 Å². The fourth-order valence-electron chi connectivity index (χ4n) is 3.91. The summed E-state index contributed by atoms with van der Waals surface area (Å²) < 4.78 is 0. The molecular weight excluding hydrogens is 361 g/mol. The summed E-state index contributed by atoms with van der Waals surface area (Å²) in [4.78, 5) is 7.00. The van der Waals surface area contributed by atoms with Gasteiger partial charge in [-0.25, -0.2) is 0 Å². The molecule has 20 heavy (non-hydrogen) atoms. The van der Waals surface area contributed by atoms with Crippen molar-refractivity contribution in [1.82, 2.24) is 10.2 Å². The number of fused-ring (bicyclic) bond motifs is 1. The second-order valence-corrected chi connectivity index (χ2v) is 6.77. The van der Waals surface area contributed by atoms with Crippen molar-refractivity contribution in [1.29, 1.82) is 0 Å². The fraction of sp³-hybridized carbons (Fsp3) is 0.938. The van der Waals surface area contributed by atoms with E-state index < -0.39 is 0 Å². The molecule has 2 atom stereocenters. The van der Waals surface area contributed by atoms with Crippen molar-refractivity contribution >= 4 is 29.9 Å². The molecule has 1 heterocycles. The highest BCUT2D eigenvalue weighted by Gasteiger charge is 2.35. The number of aliphatic imine (C=N–C) groups is 1. The quantitative estimate of drug-likeness (QED) is 0.344. The van der Waals surface area contributed by atoms with Gasteiger partial charge in [0, 0.05) is 26.7 Å². The van der Waals surface area contributed by atoms with E-state index in [2.05, 4.69) is 15.2 Å². The minimum Gasteiger partial charge on any atom is -0.356 e. The summed E-state index contributed by atoms with van der Waals surface area (Å²) in [6.45, 7) is 3.59. The predicted octanol–water partition coefficient (Wildman–Crippen LogP) is 3.49. The van der Waals surface area contributed by atoms with Crippen LogP contribution in [0.5, 0.6) is 0 Å². The number of rotatable bonds is 4. The first kappa shape index (κ1) is 16.4. The molecule has 0 aromatic heterocycles. The van der Waals surface area contributed by atoms with Crippen molar-refractivity contribution in [2.45, 2.75) is 51.4 Å². The number of halogens is 1. The Hall–Kier alpha value is 0. The minimum atomic E-state index is 0. The summed E-state index contributed by atoms with van der Waals surface area (Å²) >= 11 is 0. The molecule has 3 fully saturated rings. The lowest BCUT2D eigenvalue weighted by Crippen LogP contribution is -2.40. The first-order valence-corrected chi connectivity index (χ1v) is 8.32. The van der Waals surface area contributed by atoms with Gasteiger partial charge < -0.3 is 10.2 Å². The Morgan fingerprint density at radius 1 is 1.10 bits per heavy atom. The molecule has 116 valence electrons. The topological polar surface area (TPSA) is 27.6 Å². The molecule has 0 aromatic rings. The summed E-state index contributed by atoms with van der Waals surface area (Å²) in [5.74, 6) is 4.10. The Labute approximate surface area is 141 Å². The van der Waals surface area contributed by atoms with Crippen LogP contribution >= 0.6 is 24.0 Å². The van der Waals surface area contributed by atoms with E-state index in [1.54, 1.807) is 0 Å². The Balaban J connectivity index is 0.00000147. The van der Waals surface area contributed by atoms with Crippen molar-refractivity contribution in [3.8, 4) is 0 Å². The second-order valence-electron chi connectivity index (χ2n) is 6.77. The van der Waals surface area contributed by atoms with Gasteiger partial charge >= 0.3 is 0 Å². The standard InChI is InChI=1S/C16H29N3.HI/c1-17-16(18-10-4-5-13-8-9-13)19-11-14-6-2-3-7-15(14)12-19;/h13-15H,2-12H2,1H3,(H,17,18);1H. The first-order valence-electron chi connectivity index (χ1n) is 8.32. The van der Waals surface area contributed by atoms with Gasteiger partial charge in [-0.1, -0.05) is 25.7 Å². The molecule has 2 saturated carbocycles. The molecule has 3 rings (SSSR count). The van der Waals surface area contributed by atoms with Crippen LogP contribution in [0.1, 0.15) is 51.4 Å². The van der Waals surface area contributed by atoms with E-state index >= 15 is 0 Å². The molecule has 0 bridgehead atoms. The Kier molecular flexibility index (Phi) is 6.43. The number of hydrogen-bond acceptors (Lipinski definition) is 1. The molecular formula is C16H30IN3. The van der Waals surface area contributed by atoms with E-state index in [0.29, 0.717) is 0 Å². The van der Waals surface area contributed by atoms with Gasteiger partial charge in [0.05, 0.1) is 0 Å². The van der Waals surface area contributed by atoms with Gasteiger partial charge in [0.1, 0.15) is 0 Å². The average Bonchev–Trinajstić information content (AvgIpc) is 3.16. The molecule has 0 spiro atoms. The molecule has 0 radical (unpaired) electrons. The summed E-state index contributed by atoms with van der Waals surface area (Å²) in [7, 11) is 1.94. The zero-order valence-corrected chi connectivity index (χ0v) is 15.1. The number of guanidine groups is 1. The highest BCUT2D eigenvalue weighted by Crippen LogP contribution is 2.36. The van der Waals surface area contributed by atoms with Gasteiger partial charge in [0.2, 0.25) is 0 Å². The largest absolute Gasteiger partial charge is 0.356 e. The van der Waals surface area contributed by atoms with E-state index in [1.165, 1.54) is 64.5 Å². The van der Waals surface area contributed by atoms with E-state index in [-0.39, 0.29) is 24.0 Å². The predicted molar refractivity (Wildman–Crippen MR) is 95.8 cm³/mol. The summed E-state index contributed by atoms with van der Waals surface area (Å²) in [6, 6.07) is 0. The molecule has 1 N–H and O–H groups in total. The molecule has 0 amide bonds. The summed E-state index contributed by atoms with van der Waals surface area (Å²) in [5, 5.41) is 3.58. The van der Waals surface area contributed by atoms with E-state index in [9.17, 15) is 0 Å². The Morgan fingerprint density at radius 3 is 2.30 bits per heavy atom. The number of nitrogens with zero attached hydrogens (tertiary/aromatic N) is 2. The lowest BCUT2D eigenvalue weighted by Gasteiger charge is -2.22. The van der Waals surface area contributed by atoms with Crippen LogP contribution in [0, 0.1) is 17.8 Å². The second kappa shape index (κ2) is 7.85. The van der Waals surface area contributed by atoms with Gasteiger partial charge in [-0.3, -0.25) is 4.99 Å². The van der Waals surface area contributed by atoms with Crippen LogP contribution in [0.25, 0.3) is 0 Å². The van der Waals surface area contributed by atoms with Crippen molar-refractivity contribution in [2.75, 3.05) is 26.7 Å². The normalized spacial score (nSPS) is 29.9. The van der Waals surface area contributed by atoms with Crippen molar-refractivity contribution in [3.05, 3.63) is 0 Å². The van der Waals surface area contributed by atoms with Crippen LogP contribution in [0.2, 0.25) is 0 Å². The van der Waals surface area contributed by atoms with Gasteiger partial charge in [0.15, 0.2) is 5.96 Å². The van der Waals surface area contributed by atoms with Crippen molar-refractivity contribution < 1.29 is 0 Å². The van der Waals surface area contributed by atoms with Gasteiger partial charge in [-0.2, -0.15) is 0 Å². The fourth-order valence-corrected chi connectivity index (χ4v) is 3.91. The first-order chi connectivity index (χ1) is 9.36. The molecule has 4 heteroatoms. The SMILES string of the molecule is CN=C(NCCCC1CC1)N1CC2CCCCC2C1.I. The zero-order valence-electron chi connectivity index (χ0n) is 12.8. The molecule has 0 aromatic carbocycles. The minimum absolute atomic E-state index is 0. The third-order valence-corrected chi connectivity index (χ3v) is 5.26.